The van der Waals surface area contributed by atoms with Crippen LogP contribution in [0.2, 0.25) is 0 Å². The fourth-order valence-electron chi connectivity index (χ4n) is 6.59. The van der Waals surface area contributed by atoms with E-state index in [4.69, 9.17) is 16.2 Å². The van der Waals surface area contributed by atoms with Gasteiger partial charge in [-0.3, -0.25) is 9.59 Å². The highest BCUT2D eigenvalue weighted by Gasteiger charge is 2.40. The molecule has 1 unspecified atom stereocenters. The standard InChI is InChI=1S/C30H48N6O5/c1-41-27-16-21(7-8-22(27)17-31)18-33-28(37)26-19-35(30(39)40)13-14-36(26)29(38)25(15-20-5-3-2-4-6-20)34-24-11-9-23(32)10-12-24/h7-8,16,20,23-26,34H,2-6,9-15,17-19,31-32H2,1H3,(H,33,37)(H,39,40)/t23?,24?,25?,26-/m0/s1. The fraction of sp³-hybridized carbons (Fsp3) is 0.700. The monoisotopic (exact) mass is 572 g/mol. The lowest BCUT2D eigenvalue weighted by Gasteiger charge is -2.42. The lowest BCUT2D eigenvalue weighted by molar-refractivity contribution is -0.145. The molecule has 0 spiro atoms. The van der Waals surface area contributed by atoms with Gasteiger partial charge in [0.05, 0.1) is 19.7 Å². The van der Waals surface area contributed by atoms with E-state index < -0.39 is 18.2 Å². The van der Waals surface area contributed by atoms with Gasteiger partial charge in [0.25, 0.3) is 0 Å². The molecule has 4 rings (SSSR count). The largest absolute Gasteiger partial charge is 0.496 e. The predicted molar refractivity (Wildman–Crippen MR) is 156 cm³/mol. The van der Waals surface area contributed by atoms with Crippen molar-refractivity contribution in [3.05, 3.63) is 29.3 Å². The van der Waals surface area contributed by atoms with Gasteiger partial charge in [-0.2, -0.15) is 0 Å². The van der Waals surface area contributed by atoms with Gasteiger partial charge in [0.2, 0.25) is 11.8 Å². The second-order valence-electron chi connectivity index (χ2n) is 11.9. The van der Waals surface area contributed by atoms with Crippen LogP contribution in [-0.4, -0.2) is 83.7 Å². The van der Waals surface area contributed by atoms with Gasteiger partial charge >= 0.3 is 6.09 Å². The van der Waals surface area contributed by atoms with Crippen LogP contribution in [0.15, 0.2) is 18.2 Å². The Labute approximate surface area is 243 Å². The van der Waals surface area contributed by atoms with E-state index in [0.29, 0.717) is 18.2 Å². The van der Waals surface area contributed by atoms with Crippen LogP contribution >= 0.6 is 0 Å². The number of rotatable bonds is 10. The zero-order valence-corrected chi connectivity index (χ0v) is 24.4. The summed E-state index contributed by atoms with van der Waals surface area (Å²) >= 11 is 0. The van der Waals surface area contributed by atoms with Gasteiger partial charge in [-0.15, -0.1) is 0 Å². The molecule has 0 bridgehead atoms. The molecule has 3 amide bonds. The Morgan fingerprint density at radius 1 is 1.07 bits per heavy atom. The van der Waals surface area contributed by atoms with E-state index >= 15 is 0 Å². The van der Waals surface area contributed by atoms with Crippen molar-refractivity contribution in [3.8, 4) is 5.75 Å². The summed E-state index contributed by atoms with van der Waals surface area (Å²) in [5.41, 5.74) is 13.6. The first kappa shape index (κ1) is 31.1. The lowest BCUT2D eigenvalue weighted by atomic mass is 9.83. The van der Waals surface area contributed by atoms with Crippen LogP contribution in [0, 0.1) is 5.92 Å². The van der Waals surface area contributed by atoms with E-state index in [1.807, 2.05) is 18.2 Å². The summed E-state index contributed by atoms with van der Waals surface area (Å²) in [6.07, 6.45) is 9.21. The van der Waals surface area contributed by atoms with Gasteiger partial charge in [0, 0.05) is 43.8 Å². The number of hydrogen-bond acceptors (Lipinski definition) is 7. The van der Waals surface area contributed by atoms with Gasteiger partial charge < -0.3 is 41.7 Å². The van der Waals surface area contributed by atoms with Crippen molar-refractivity contribution in [2.45, 2.75) is 101 Å². The zero-order chi connectivity index (χ0) is 29.4. The molecule has 1 heterocycles. The minimum Gasteiger partial charge on any atom is -0.496 e. The number of hydrogen-bond donors (Lipinski definition) is 5. The Morgan fingerprint density at radius 2 is 1.80 bits per heavy atom. The van der Waals surface area contributed by atoms with E-state index in [2.05, 4.69) is 10.6 Å². The van der Waals surface area contributed by atoms with Crippen LogP contribution in [0.5, 0.6) is 5.75 Å². The van der Waals surface area contributed by atoms with Crippen LogP contribution in [0.1, 0.15) is 75.3 Å². The predicted octanol–water partition coefficient (Wildman–Crippen LogP) is 2.16. The first-order valence-corrected chi connectivity index (χ1v) is 15.2. The highest BCUT2D eigenvalue weighted by atomic mass is 16.5. The Kier molecular flexibility index (Phi) is 11.2. The summed E-state index contributed by atoms with van der Waals surface area (Å²) in [6, 6.07) is 4.68. The molecule has 0 aromatic heterocycles. The van der Waals surface area contributed by atoms with Gasteiger partial charge in [-0.25, -0.2) is 4.79 Å². The van der Waals surface area contributed by atoms with Crippen LogP contribution in [0.3, 0.4) is 0 Å². The first-order chi connectivity index (χ1) is 19.8. The van der Waals surface area contributed by atoms with E-state index in [0.717, 1.165) is 56.1 Å². The molecule has 3 aliphatic rings. The first-order valence-electron chi connectivity index (χ1n) is 15.2. The zero-order valence-electron chi connectivity index (χ0n) is 24.4. The summed E-state index contributed by atoms with van der Waals surface area (Å²) in [6.45, 7) is 0.857. The topological polar surface area (TPSA) is 163 Å². The quantitative estimate of drug-likeness (QED) is 0.285. The number of benzene rings is 1. The highest BCUT2D eigenvalue weighted by molar-refractivity contribution is 5.90. The number of nitrogens with zero attached hydrogens (tertiary/aromatic N) is 2. The van der Waals surface area contributed by atoms with Gasteiger partial charge in [0.15, 0.2) is 0 Å². The lowest BCUT2D eigenvalue weighted by Crippen LogP contribution is -2.64. The third-order valence-corrected chi connectivity index (χ3v) is 9.08. The van der Waals surface area contributed by atoms with E-state index in [1.165, 1.54) is 24.2 Å². The number of carbonyl (C=O) groups is 3. The van der Waals surface area contributed by atoms with Crippen LogP contribution < -0.4 is 26.8 Å². The number of nitrogens with two attached hydrogens (primary N) is 2. The van der Waals surface area contributed by atoms with Crippen molar-refractivity contribution < 1.29 is 24.2 Å². The van der Waals surface area contributed by atoms with Gasteiger partial charge in [-0.1, -0.05) is 44.2 Å². The maximum Gasteiger partial charge on any atom is 0.407 e. The van der Waals surface area contributed by atoms with E-state index in [1.54, 1.807) is 12.0 Å². The molecule has 1 aromatic rings. The maximum absolute atomic E-state index is 14.2. The van der Waals surface area contributed by atoms with Gasteiger partial charge in [-0.05, 0) is 49.7 Å². The third-order valence-electron chi connectivity index (χ3n) is 9.08. The van der Waals surface area contributed by atoms with Crippen molar-refractivity contribution in [3.63, 3.8) is 0 Å². The minimum atomic E-state index is -1.09. The second kappa shape index (κ2) is 14.8. The summed E-state index contributed by atoms with van der Waals surface area (Å²) in [5, 5.41) is 16.3. The van der Waals surface area contributed by atoms with Crippen LogP contribution in [0.25, 0.3) is 0 Å². The number of carbonyl (C=O) groups excluding carboxylic acids is 2. The number of piperazine rings is 1. The number of carboxylic acid groups (broad SMARTS) is 1. The number of methoxy groups -OCH3 is 1. The van der Waals surface area contributed by atoms with Crippen LogP contribution in [-0.2, 0) is 22.7 Å². The molecule has 3 fully saturated rings. The average molecular weight is 573 g/mol. The molecular weight excluding hydrogens is 524 g/mol. The summed E-state index contributed by atoms with van der Waals surface area (Å²) in [5.74, 6) is 0.636. The molecule has 0 radical (unpaired) electrons. The highest BCUT2D eigenvalue weighted by Crippen LogP contribution is 2.29. The summed E-state index contributed by atoms with van der Waals surface area (Å²) in [7, 11) is 1.57. The van der Waals surface area contributed by atoms with Crippen LogP contribution in [0.4, 0.5) is 4.79 Å². The van der Waals surface area contributed by atoms with E-state index in [9.17, 15) is 19.5 Å². The smallest absolute Gasteiger partial charge is 0.407 e. The molecule has 2 atom stereocenters. The molecular formula is C30H48N6O5. The molecule has 7 N–H and O–H groups in total. The number of amides is 3. The van der Waals surface area contributed by atoms with Crippen molar-refractivity contribution in [2.75, 3.05) is 26.7 Å². The second-order valence-corrected chi connectivity index (χ2v) is 11.9. The summed E-state index contributed by atoms with van der Waals surface area (Å²) < 4.78 is 5.41. The Morgan fingerprint density at radius 3 is 2.46 bits per heavy atom. The molecule has 228 valence electrons. The van der Waals surface area contributed by atoms with Crippen molar-refractivity contribution in [2.24, 2.45) is 17.4 Å². The molecule has 11 heteroatoms. The molecule has 2 saturated carbocycles. The van der Waals surface area contributed by atoms with Gasteiger partial charge in [0.1, 0.15) is 11.8 Å². The Hall–Kier alpha value is -2.89. The molecule has 41 heavy (non-hydrogen) atoms. The van der Waals surface area contributed by atoms with Crippen molar-refractivity contribution in [1.29, 1.82) is 0 Å². The SMILES string of the molecule is COc1cc(CNC(=O)[C@@H]2CN(C(=O)O)CCN2C(=O)C(CC2CCCCC2)NC2CCC(N)CC2)ccc1CN. The molecule has 1 aliphatic heterocycles. The average Bonchev–Trinajstić information content (AvgIpc) is 3.00. The molecule has 1 saturated heterocycles. The molecule has 1 aromatic carbocycles. The Balaban J connectivity index is 1.49. The van der Waals surface area contributed by atoms with E-state index in [-0.39, 0.29) is 50.1 Å². The summed E-state index contributed by atoms with van der Waals surface area (Å²) in [4.78, 5) is 42.4. The molecule has 11 nitrogen and oxygen atoms in total. The normalized spacial score (nSPS) is 24.5. The maximum atomic E-state index is 14.2. The Bertz CT molecular complexity index is 1040. The minimum absolute atomic E-state index is 0.0588. The number of ether oxygens (including phenoxy) is 1. The fourth-order valence-corrected chi connectivity index (χ4v) is 6.59. The number of nitrogens with one attached hydrogen (secondary N) is 2. The third kappa shape index (κ3) is 8.33. The van der Waals surface area contributed by atoms with Crippen molar-refractivity contribution in [1.82, 2.24) is 20.4 Å². The van der Waals surface area contributed by atoms with Crippen molar-refractivity contribution >= 4 is 17.9 Å². The molecule has 2 aliphatic carbocycles.